The number of carbonyl (C=O) groups is 1. The van der Waals surface area contributed by atoms with Crippen LogP contribution < -0.4 is 0 Å². The summed E-state index contributed by atoms with van der Waals surface area (Å²) in [4.78, 5) is 14.2. The quantitative estimate of drug-likeness (QED) is 0.874. The number of nitrogens with zero attached hydrogens (tertiary/aromatic N) is 1. The molecule has 0 aliphatic carbocycles. The second kappa shape index (κ2) is 5.78. The Hall–Kier alpha value is -2.63. The summed E-state index contributed by atoms with van der Waals surface area (Å²) in [5, 5.41) is 8.51. The smallest absolute Gasteiger partial charge is 0.417 e. The van der Waals surface area contributed by atoms with Gasteiger partial charge in [0.15, 0.2) is 0 Å². The van der Waals surface area contributed by atoms with E-state index in [9.17, 15) is 18.0 Å². The van der Waals surface area contributed by atoms with Crippen LogP contribution in [0.15, 0.2) is 48.7 Å². The van der Waals surface area contributed by atoms with Crippen LogP contribution in [0.2, 0.25) is 0 Å². The van der Waals surface area contributed by atoms with Crippen LogP contribution in [0.25, 0.3) is 17.3 Å². The molecule has 0 spiro atoms. The van der Waals surface area contributed by atoms with Crippen molar-refractivity contribution in [3.63, 3.8) is 0 Å². The Bertz CT molecular complexity index is 659. The van der Waals surface area contributed by atoms with Gasteiger partial charge in [-0.05, 0) is 23.8 Å². The van der Waals surface area contributed by atoms with Crippen molar-refractivity contribution in [1.29, 1.82) is 0 Å². The standard InChI is InChI=1S/C15H10F3NO2/c16-15(17,18)12-6-7-13(19-9-12)11-4-1-10(2-5-11)3-8-14(20)21/h1-9H,(H,20,21)/b8-3+. The first-order chi connectivity index (χ1) is 9.86. The van der Waals surface area contributed by atoms with Gasteiger partial charge in [-0.15, -0.1) is 0 Å². The summed E-state index contributed by atoms with van der Waals surface area (Å²) in [5.74, 6) is -1.05. The molecule has 2 aromatic rings. The molecule has 0 unspecified atom stereocenters. The second-order valence-corrected chi connectivity index (χ2v) is 4.22. The predicted molar refractivity (Wildman–Crippen MR) is 71.3 cm³/mol. The molecule has 6 heteroatoms. The van der Waals surface area contributed by atoms with E-state index in [0.29, 0.717) is 16.8 Å². The number of rotatable bonds is 3. The van der Waals surface area contributed by atoms with Crippen LogP contribution >= 0.6 is 0 Å². The average Bonchev–Trinajstić information content (AvgIpc) is 2.45. The van der Waals surface area contributed by atoms with Crippen molar-refractivity contribution in [3.8, 4) is 11.3 Å². The zero-order chi connectivity index (χ0) is 15.5. The lowest BCUT2D eigenvalue weighted by Gasteiger charge is -2.07. The molecule has 0 aliphatic heterocycles. The molecule has 0 saturated carbocycles. The maximum absolute atomic E-state index is 12.4. The number of carboxylic acids is 1. The van der Waals surface area contributed by atoms with Gasteiger partial charge in [0.25, 0.3) is 0 Å². The molecule has 0 saturated heterocycles. The van der Waals surface area contributed by atoms with Crippen LogP contribution in [0.1, 0.15) is 11.1 Å². The van der Waals surface area contributed by atoms with Crippen molar-refractivity contribution >= 4 is 12.0 Å². The fourth-order valence-corrected chi connectivity index (χ4v) is 1.66. The maximum atomic E-state index is 12.4. The maximum Gasteiger partial charge on any atom is 0.417 e. The number of hydrogen-bond acceptors (Lipinski definition) is 2. The Balaban J connectivity index is 2.21. The normalized spacial score (nSPS) is 11.8. The molecule has 1 aromatic heterocycles. The molecule has 0 bridgehead atoms. The van der Waals surface area contributed by atoms with Gasteiger partial charge in [-0.2, -0.15) is 13.2 Å². The number of alkyl halides is 3. The number of aliphatic carboxylic acids is 1. The summed E-state index contributed by atoms with van der Waals surface area (Å²) in [6.45, 7) is 0. The predicted octanol–water partition coefficient (Wildman–Crippen LogP) is 3.87. The van der Waals surface area contributed by atoms with Crippen LogP contribution in [-0.2, 0) is 11.0 Å². The zero-order valence-electron chi connectivity index (χ0n) is 10.6. The highest BCUT2D eigenvalue weighted by atomic mass is 19.4. The van der Waals surface area contributed by atoms with Gasteiger partial charge in [-0.1, -0.05) is 24.3 Å². The lowest BCUT2D eigenvalue weighted by atomic mass is 10.1. The first kappa shape index (κ1) is 14.8. The van der Waals surface area contributed by atoms with Crippen LogP contribution in [0.4, 0.5) is 13.2 Å². The van der Waals surface area contributed by atoms with E-state index in [1.165, 1.54) is 12.1 Å². The molecule has 1 N–H and O–H groups in total. The minimum Gasteiger partial charge on any atom is -0.478 e. The van der Waals surface area contributed by atoms with E-state index in [1.807, 2.05) is 0 Å². The summed E-state index contributed by atoms with van der Waals surface area (Å²) < 4.78 is 37.3. The third kappa shape index (κ3) is 3.92. The highest BCUT2D eigenvalue weighted by Gasteiger charge is 2.30. The summed E-state index contributed by atoms with van der Waals surface area (Å²) in [7, 11) is 0. The Labute approximate surface area is 118 Å². The third-order valence-electron chi connectivity index (χ3n) is 2.72. The molecule has 0 fully saturated rings. The Morgan fingerprint density at radius 3 is 2.24 bits per heavy atom. The molecule has 1 aromatic carbocycles. The Morgan fingerprint density at radius 2 is 1.76 bits per heavy atom. The Morgan fingerprint density at radius 1 is 1.10 bits per heavy atom. The highest BCUT2D eigenvalue weighted by molar-refractivity contribution is 5.85. The third-order valence-corrected chi connectivity index (χ3v) is 2.72. The van der Waals surface area contributed by atoms with Crippen LogP contribution in [-0.4, -0.2) is 16.1 Å². The first-order valence-corrected chi connectivity index (χ1v) is 5.91. The summed E-state index contributed by atoms with van der Waals surface area (Å²) >= 11 is 0. The van der Waals surface area contributed by atoms with Gasteiger partial charge in [-0.3, -0.25) is 4.98 Å². The van der Waals surface area contributed by atoms with Crippen molar-refractivity contribution in [3.05, 3.63) is 59.8 Å². The number of carboxylic acid groups (broad SMARTS) is 1. The zero-order valence-corrected chi connectivity index (χ0v) is 10.6. The second-order valence-electron chi connectivity index (χ2n) is 4.22. The van der Waals surface area contributed by atoms with E-state index in [2.05, 4.69) is 4.98 Å². The molecule has 1 heterocycles. The molecule has 0 atom stereocenters. The van der Waals surface area contributed by atoms with Crippen molar-refractivity contribution in [2.75, 3.05) is 0 Å². The van der Waals surface area contributed by atoms with E-state index in [4.69, 9.17) is 5.11 Å². The fourth-order valence-electron chi connectivity index (χ4n) is 1.66. The Kier molecular flexibility index (Phi) is 4.07. The number of hydrogen-bond donors (Lipinski definition) is 1. The van der Waals surface area contributed by atoms with Gasteiger partial charge in [0.1, 0.15) is 0 Å². The van der Waals surface area contributed by atoms with Crippen LogP contribution in [0.5, 0.6) is 0 Å². The molecule has 0 radical (unpaired) electrons. The average molecular weight is 293 g/mol. The van der Waals surface area contributed by atoms with E-state index in [-0.39, 0.29) is 0 Å². The van der Waals surface area contributed by atoms with Crippen molar-refractivity contribution in [2.24, 2.45) is 0 Å². The molecule has 3 nitrogen and oxygen atoms in total. The van der Waals surface area contributed by atoms with Crippen LogP contribution in [0, 0.1) is 0 Å². The van der Waals surface area contributed by atoms with Gasteiger partial charge in [0, 0.05) is 17.8 Å². The van der Waals surface area contributed by atoms with E-state index in [1.54, 1.807) is 24.3 Å². The molecule has 0 aliphatic rings. The highest BCUT2D eigenvalue weighted by Crippen LogP contribution is 2.29. The lowest BCUT2D eigenvalue weighted by molar-refractivity contribution is -0.137. The summed E-state index contributed by atoms with van der Waals surface area (Å²) in [6.07, 6.45) is -1.19. The van der Waals surface area contributed by atoms with E-state index >= 15 is 0 Å². The molecule has 2 rings (SSSR count). The lowest BCUT2D eigenvalue weighted by Crippen LogP contribution is -2.05. The SMILES string of the molecule is O=C(O)/C=C/c1ccc(-c2ccc(C(F)(F)F)cn2)cc1. The van der Waals surface area contributed by atoms with Gasteiger partial charge >= 0.3 is 12.1 Å². The van der Waals surface area contributed by atoms with Crippen LogP contribution in [0.3, 0.4) is 0 Å². The topological polar surface area (TPSA) is 50.2 Å². The number of halogens is 3. The molecule has 108 valence electrons. The van der Waals surface area contributed by atoms with Crippen molar-refractivity contribution < 1.29 is 23.1 Å². The van der Waals surface area contributed by atoms with Gasteiger partial charge in [0.05, 0.1) is 11.3 Å². The van der Waals surface area contributed by atoms with E-state index in [0.717, 1.165) is 18.3 Å². The largest absolute Gasteiger partial charge is 0.478 e. The minimum atomic E-state index is -4.41. The minimum absolute atomic E-state index is 0.414. The van der Waals surface area contributed by atoms with Gasteiger partial charge < -0.3 is 5.11 Å². The van der Waals surface area contributed by atoms with Gasteiger partial charge in [0.2, 0.25) is 0 Å². The summed E-state index contributed by atoms with van der Waals surface area (Å²) in [5.41, 5.74) is 0.938. The monoisotopic (exact) mass is 293 g/mol. The molecular weight excluding hydrogens is 283 g/mol. The molecular formula is C15H10F3NO2. The van der Waals surface area contributed by atoms with Gasteiger partial charge in [-0.25, -0.2) is 4.79 Å². The van der Waals surface area contributed by atoms with Crippen molar-refractivity contribution in [1.82, 2.24) is 4.98 Å². The summed E-state index contributed by atoms with van der Waals surface area (Å²) in [6, 6.07) is 8.92. The van der Waals surface area contributed by atoms with E-state index < -0.39 is 17.7 Å². The van der Waals surface area contributed by atoms with Crippen molar-refractivity contribution in [2.45, 2.75) is 6.18 Å². The number of benzene rings is 1. The molecule has 21 heavy (non-hydrogen) atoms. The first-order valence-electron chi connectivity index (χ1n) is 5.91. The fraction of sp³-hybridized carbons (Fsp3) is 0.0667. The number of pyridine rings is 1. The number of aromatic nitrogens is 1. The molecule has 0 amide bonds.